The van der Waals surface area contributed by atoms with Crippen molar-refractivity contribution in [2.75, 3.05) is 6.61 Å². The molecular formula is C18H17NO5. The van der Waals surface area contributed by atoms with Crippen LogP contribution in [0.4, 0.5) is 0 Å². The maximum absolute atomic E-state index is 13.1. The van der Waals surface area contributed by atoms with Crippen molar-refractivity contribution in [3.63, 3.8) is 0 Å². The number of hydrogen-bond acceptors (Lipinski definition) is 4. The first-order valence-corrected chi connectivity index (χ1v) is 7.89. The molecule has 1 heterocycles. The number of ketones is 2. The molecular weight excluding hydrogens is 310 g/mol. The van der Waals surface area contributed by atoms with Gasteiger partial charge in [0.15, 0.2) is 5.78 Å². The molecule has 24 heavy (non-hydrogen) atoms. The summed E-state index contributed by atoms with van der Waals surface area (Å²) in [4.78, 5) is 40.4. The van der Waals surface area contributed by atoms with E-state index >= 15 is 0 Å². The van der Waals surface area contributed by atoms with Gasteiger partial charge in [-0.3, -0.25) is 9.59 Å². The molecule has 1 saturated carbocycles. The van der Waals surface area contributed by atoms with Crippen molar-refractivity contribution in [1.82, 2.24) is 4.98 Å². The molecule has 2 aliphatic carbocycles. The molecule has 124 valence electrons. The highest BCUT2D eigenvalue weighted by atomic mass is 16.5. The number of carboxylic acid groups (broad SMARTS) is 1. The summed E-state index contributed by atoms with van der Waals surface area (Å²) in [5, 5.41) is 9.66. The third kappa shape index (κ3) is 1.47. The van der Waals surface area contributed by atoms with Gasteiger partial charge >= 0.3 is 5.97 Å². The lowest BCUT2D eigenvalue weighted by Crippen LogP contribution is -2.38. The number of carbonyl (C=O) groups is 3. The van der Waals surface area contributed by atoms with Gasteiger partial charge in [0.05, 0.1) is 22.7 Å². The monoisotopic (exact) mass is 327 g/mol. The number of hydrogen-bond donors (Lipinski definition) is 2. The molecule has 1 aromatic heterocycles. The van der Waals surface area contributed by atoms with E-state index in [0.717, 1.165) is 0 Å². The Morgan fingerprint density at radius 2 is 2.04 bits per heavy atom. The molecule has 2 aliphatic rings. The van der Waals surface area contributed by atoms with Crippen molar-refractivity contribution < 1.29 is 24.2 Å². The smallest absolute Gasteiger partial charge is 0.335 e. The Hall–Kier alpha value is -2.47. The molecule has 0 amide bonds. The predicted octanol–water partition coefficient (Wildman–Crippen LogP) is 2.68. The van der Waals surface area contributed by atoms with Crippen LogP contribution in [0.1, 0.15) is 52.0 Å². The first kappa shape index (κ1) is 15.1. The fraction of sp³-hybridized carbons (Fsp3) is 0.389. The van der Waals surface area contributed by atoms with Crippen LogP contribution < -0.4 is 0 Å². The van der Waals surface area contributed by atoms with Crippen LogP contribution in [0.25, 0.3) is 10.9 Å². The molecule has 0 bridgehead atoms. The van der Waals surface area contributed by atoms with E-state index in [2.05, 4.69) is 4.98 Å². The zero-order valence-electron chi connectivity index (χ0n) is 13.6. The largest absolute Gasteiger partial charge is 0.478 e. The van der Waals surface area contributed by atoms with Gasteiger partial charge in [-0.1, -0.05) is 13.8 Å². The van der Waals surface area contributed by atoms with Crippen molar-refractivity contribution in [3.8, 4) is 0 Å². The van der Waals surface area contributed by atoms with Crippen molar-refractivity contribution in [1.29, 1.82) is 0 Å². The maximum Gasteiger partial charge on any atom is 0.335 e. The molecule has 2 N–H and O–H groups in total. The van der Waals surface area contributed by atoms with E-state index in [0.29, 0.717) is 23.1 Å². The van der Waals surface area contributed by atoms with Gasteiger partial charge in [0.2, 0.25) is 5.78 Å². The first-order chi connectivity index (χ1) is 11.3. The SMILES string of the molecule is CCO[C@@]12C(=O)c3[nH]c4ccc(C(=O)O)cc4c3C(=O)[C@@H]1C2(C)C. The molecule has 1 aromatic carbocycles. The molecule has 6 nitrogen and oxygen atoms in total. The Bertz CT molecular complexity index is 938. The second kappa shape index (κ2) is 4.33. The van der Waals surface area contributed by atoms with Crippen LogP contribution in [0, 0.1) is 11.3 Å². The number of fused-ring (bicyclic) bond motifs is 4. The van der Waals surface area contributed by atoms with E-state index in [1.165, 1.54) is 12.1 Å². The van der Waals surface area contributed by atoms with Gasteiger partial charge in [0.25, 0.3) is 0 Å². The molecule has 0 unspecified atom stereocenters. The third-order valence-corrected chi connectivity index (χ3v) is 5.49. The number of benzene rings is 1. The second-order valence-electron chi connectivity index (χ2n) is 6.96. The van der Waals surface area contributed by atoms with E-state index in [-0.39, 0.29) is 22.8 Å². The lowest BCUT2D eigenvalue weighted by molar-refractivity contribution is 0.0117. The van der Waals surface area contributed by atoms with Gasteiger partial charge in [0.1, 0.15) is 5.60 Å². The van der Waals surface area contributed by atoms with E-state index in [1.807, 2.05) is 13.8 Å². The van der Waals surface area contributed by atoms with Crippen LogP contribution in [-0.4, -0.2) is 39.8 Å². The molecule has 4 rings (SSSR count). The Morgan fingerprint density at radius 1 is 1.33 bits per heavy atom. The van der Waals surface area contributed by atoms with E-state index < -0.39 is 22.9 Å². The average molecular weight is 327 g/mol. The minimum absolute atomic E-state index is 0.0845. The molecule has 0 saturated heterocycles. The van der Waals surface area contributed by atoms with Gasteiger partial charge in [-0.15, -0.1) is 0 Å². The third-order valence-electron chi connectivity index (χ3n) is 5.49. The highest BCUT2D eigenvalue weighted by molar-refractivity contribution is 6.28. The molecule has 0 spiro atoms. The topological polar surface area (TPSA) is 96.5 Å². The van der Waals surface area contributed by atoms with Gasteiger partial charge in [-0.05, 0) is 25.1 Å². The van der Waals surface area contributed by atoms with E-state index in [4.69, 9.17) is 4.74 Å². The van der Waals surface area contributed by atoms with Gasteiger partial charge < -0.3 is 14.8 Å². The Labute approximate surface area is 137 Å². The Balaban J connectivity index is 1.97. The number of nitrogens with one attached hydrogen (secondary N) is 1. The summed E-state index contributed by atoms with van der Waals surface area (Å²) in [5.74, 6) is -1.98. The number of Topliss-reactive ketones (excluding diaryl/α,β-unsaturated/α-hetero) is 2. The van der Waals surface area contributed by atoms with Crippen LogP contribution in [0.3, 0.4) is 0 Å². The van der Waals surface area contributed by atoms with Gasteiger partial charge in [-0.25, -0.2) is 4.79 Å². The predicted molar refractivity (Wildman–Crippen MR) is 85.5 cm³/mol. The molecule has 0 aliphatic heterocycles. The van der Waals surface area contributed by atoms with Gasteiger partial charge in [0, 0.05) is 22.9 Å². The maximum atomic E-state index is 13.1. The zero-order valence-corrected chi connectivity index (χ0v) is 13.6. The summed E-state index contributed by atoms with van der Waals surface area (Å²) in [6.07, 6.45) is 0. The Morgan fingerprint density at radius 3 is 2.67 bits per heavy atom. The zero-order chi connectivity index (χ0) is 17.4. The van der Waals surface area contributed by atoms with Crippen LogP contribution in [0.15, 0.2) is 18.2 Å². The van der Waals surface area contributed by atoms with Crippen LogP contribution in [0.5, 0.6) is 0 Å². The molecule has 1 fully saturated rings. The van der Waals surface area contributed by atoms with Gasteiger partial charge in [-0.2, -0.15) is 0 Å². The number of rotatable bonds is 3. The number of carbonyl (C=O) groups excluding carboxylic acids is 2. The number of aromatic amines is 1. The van der Waals surface area contributed by atoms with Crippen molar-refractivity contribution in [2.24, 2.45) is 11.3 Å². The quantitative estimate of drug-likeness (QED) is 0.903. The van der Waals surface area contributed by atoms with E-state index in [9.17, 15) is 19.5 Å². The van der Waals surface area contributed by atoms with Crippen LogP contribution in [0.2, 0.25) is 0 Å². The number of ether oxygens (including phenoxy) is 1. The summed E-state index contributed by atoms with van der Waals surface area (Å²) in [6.45, 7) is 5.87. The molecule has 0 radical (unpaired) electrons. The summed E-state index contributed by atoms with van der Waals surface area (Å²) in [5.41, 5.74) is -0.494. The fourth-order valence-electron chi connectivity index (χ4n) is 4.30. The number of aromatic nitrogens is 1. The lowest BCUT2D eigenvalue weighted by atomic mass is 9.90. The summed E-state index contributed by atoms with van der Waals surface area (Å²) < 4.78 is 5.77. The van der Waals surface area contributed by atoms with E-state index in [1.54, 1.807) is 13.0 Å². The lowest BCUT2D eigenvalue weighted by Gasteiger charge is -2.21. The van der Waals surface area contributed by atoms with Crippen LogP contribution >= 0.6 is 0 Å². The summed E-state index contributed by atoms with van der Waals surface area (Å²) in [7, 11) is 0. The van der Waals surface area contributed by atoms with Crippen molar-refractivity contribution in [2.45, 2.75) is 26.4 Å². The summed E-state index contributed by atoms with van der Waals surface area (Å²) in [6, 6.07) is 4.48. The Kier molecular flexibility index (Phi) is 2.72. The highest BCUT2D eigenvalue weighted by Gasteiger charge is 2.81. The normalized spacial score (nSPS) is 27.0. The minimum Gasteiger partial charge on any atom is -0.478 e. The standard InChI is InChI=1S/C18H17NO5/c1-4-24-18-14(17(18,2)3)13(20)11-9-7-8(16(22)23)5-6-10(9)19-12(11)15(18)21/h5-7,14,19H,4H2,1-3H3,(H,22,23)/t14-,18-/m1/s1. The molecule has 2 aromatic rings. The second-order valence-corrected chi connectivity index (χ2v) is 6.96. The highest BCUT2D eigenvalue weighted by Crippen LogP contribution is 2.68. The average Bonchev–Trinajstić information content (AvgIpc) is 2.86. The fourth-order valence-corrected chi connectivity index (χ4v) is 4.30. The summed E-state index contributed by atoms with van der Waals surface area (Å²) >= 11 is 0. The first-order valence-electron chi connectivity index (χ1n) is 7.89. The molecule has 6 heteroatoms. The van der Waals surface area contributed by atoms with Crippen molar-refractivity contribution >= 4 is 28.4 Å². The minimum atomic E-state index is -1.11. The number of H-pyrrole nitrogens is 1. The molecule has 2 atom stereocenters. The van der Waals surface area contributed by atoms with Crippen LogP contribution in [-0.2, 0) is 4.74 Å². The van der Waals surface area contributed by atoms with Crippen molar-refractivity contribution in [3.05, 3.63) is 35.0 Å². The number of aromatic carboxylic acids is 1. The number of carboxylic acids is 1.